The van der Waals surface area contributed by atoms with Gasteiger partial charge in [-0.1, -0.05) is 19.8 Å². The first-order valence-corrected chi connectivity index (χ1v) is 6.53. The van der Waals surface area contributed by atoms with E-state index in [1.165, 1.54) is 13.2 Å². The molecule has 0 heterocycles. The third-order valence-corrected chi connectivity index (χ3v) is 3.37. The molecule has 0 radical (unpaired) electrons. The Hall–Kier alpha value is -0.970. The third kappa shape index (κ3) is 3.28. The maximum absolute atomic E-state index is 13.9. The van der Waals surface area contributed by atoms with Gasteiger partial charge in [0.25, 0.3) is 0 Å². The fraction of sp³-hybridized carbons (Fsp3) is 0.462. The van der Waals surface area contributed by atoms with Crippen LogP contribution in [-0.4, -0.2) is 13.1 Å². The number of benzene rings is 1. The molecule has 5 heteroatoms. The van der Waals surface area contributed by atoms with Crippen LogP contribution >= 0.6 is 15.9 Å². The largest absolute Gasteiger partial charge is 0.469 e. The van der Waals surface area contributed by atoms with E-state index in [1.54, 1.807) is 0 Å². The van der Waals surface area contributed by atoms with Crippen LogP contribution in [0.2, 0.25) is 0 Å². The van der Waals surface area contributed by atoms with E-state index in [4.69, 9.17) is 0 Å². The molecule has 0 aliphatic rings. The average Bonchev–Trinajstić information content (AvgIpc) is 2.37. The van der Waals surface area contributed by atoms with Crippen LogP contribution in [-0.2, 0) is 9.53 Å². The van der Waals surface area contributed by atoms with Crippen molar-refractivity contribution in [3.8, 4) is 0 Å². The standard InChI is InChI=1S/C13H15BrF2O2/c1-3-4-5-8(13(17)18-2)11-10(15)7-6-9(14)12(11)16/h6-8H,3-5H2,1-2H3. The molecule has 0 aliphatic carbocycles. The zero-order valence-corrected chi connectivity index (χ0v) is 11.9. The molecule has 0 spiro atoms. The van der Waals surface area contributed by atoms with Gasteiger partial charge in [0.05, 0.1) is 17.5 Å². The summed E-state index contributed by atoms with van der Waals surface area (Å²) in [6, 6.07) is 2.42. The molecule has 1 aromatic carbocycles. The normalized spacial score (nSPS) is 12.3. The first kappa shape index (κ1) is 15.1. The van der Waals surface area contributed by atoms with Gasteiger partial charge in [0.1, 0.15) is 11.6 Å². The molecular weight excluding hydrogens is 306 g/mol. The number of hydrogen-bond acceptors (Lipinski definition) is 2. The van der Waals surface area contributed by atoms with Gasteiger partial charge in [0, 0.05) is 5.56 Å². The molecule has 18 heavy (non-hydrogen) atoms. The van der Waals surface area contributed by atoms with Gasteiger partial charge in [-0.15, -0.1) is 0 Å². The molecule has 0 saturated carbocycles. The van der Waals surface area contributed by atoms with Crippen molar-refractivity contribution in [2.75, 3.05) is 7.11 Å². The zero-order chi connectivity index (χ0) is 13.7. The number of halogens is 3. The minimum Gasteiger partial charge on any atom is -0.469 e. The lowest BCUT2D eigenvalue weighted by Crippen LogP contribution is -2.17. The highest BCUT2D eigenvalue weighted by molar-refractivity contribution is 9.10. The summed E-state index contributed by atoms with van der Waals surface area (Å²) in [5, 5.41) is 0. The van der Waals surface area contributed by atoms with Gasteiger partial charge >= 0.3 is 5.97 Å². The van der Waals surface area contributed by atoms with E-state index in [0.717, 1.165) is 12.5 Å². The summed E-state index contributed by atoms with van der Waals surface area (Å²) in [7, 11) is 1.22. The van der Waals surface area contributed by atoms with Crippen molar-refractivity contribution in [3.05, 3.63) is 33.8 Å². The number of carbonyl (C=O) groups is 1. The first-order chi connectivity index (χ1) is 8.52. The predicted octanol–water partition coefficient (Wildman–Crippen LogP) is 4.17. The molecule has 0 amide bonds. The van der Waals surface area contributed by atoms with E-state index in [-0.39, 0.29) is 10.0 Å². The lowest BCUT2D eigenvalue weighted by molar-refractivity contribution is -0.142. The summed E-state index contributed by atoms with van der Waals surface area (Å²) < 4.78 is 32.4. The molecule has 0 aliphatic heterocycles. The Kier molecular flexibility index (Phi) is 5.72. The highest BCUT2D eigenvalue weighted by atomic mass is 79.9. The van der Waals surface area contributed by atoms with Crippen LogP contribution in [0.4, 0.5) is 8.78 Å². The van der Waals surface area contributed by atoms with Gasteiger partial charge in [-0.2, -0.15) is 0 Å². The molecule has 1 atom stereocenters. The minimum absolute atomic E-state index is 0.143. The third-order valence-electron chi connectivity index (χ3n) is 2.76. The lowest BCUT2D eigenvalue weighted by atomic mass is 9.92. The maximum atomic E-state index is 13.9. The lowest BCUT2D eigenvalue weighted by Gasteiger charge is -2.16. The highest BCUT2D eigenvalue weighted by Gasteiger charge is 2.28. The van der Waals surface area contributed by atoms with E-state index >= 15 is 0 Å². The smallest absolute Gasteiger partial charge is 0.313 e. The van der Waals surface area contributed by atoms with Crippen molar-refractivity contribution in [3.63, 3.8) is 0 Å². The first-order valence-electron chi connectivity index (χ1n) is 5.74. The molecule has 0 bridgehead atoms. The van der Waals surface area contributed by atoms with E-state index in [1.807, 2.05) is 6.92 Å². The minimum atomic E-state index is -0.896. The summed E-state index contributed by atoms with van der Waals surface area (Å²) in [5.74, 6) is -2.96. The second kappa shape index (κ2) is 6.83. The molecule has 0 aromatic heterocycles. The van der Waals surface area contributed by atoms with Gasteiger partial charge in [0.2, 0.25) is 0 Å². The van der Waals surface area contributed by atoms with Crippen molar-refractivity contribution in [2.24, 2.45) is 0 Å². The van der Waals surface area contributed by atoms with E-state index < -0.39 is 23.5 Å². The Morgan fingerprint density at radius 1 is 1.44 bits per heavy atom. The number of rotatable bonds is 5. The number of hydrogen-bond donors (Lipinski definition) is 0. The number of methoxy groups -OCH3 is 1. The Bertz CT molecular complexity index is 435. The number of ether oxygens (including phenoxy) is 1. The average molecular weight is 321 g/mol. The van der Waals surface area contributed by atoms with Crippen molar-refractivity contribution in [2.45, 2.75) is 32.1 Å². The van der Waals surface area contributed by atoms with E-state index in [9.17, 15) is 13.6 Å². The van der Waals surface area contributed by atoms with Crippen LogP contribution in [0.1, 0.15) is 37.7 Å². The Balaban J connectivity index is 3.19. The Morgan fingerprint density at radius 2 is 2.11 bits per heavy atom. The summed E-state index contributed by atoms with van der Waals surface area (Å²) in [6.45, 7) is 1.95. The summed E-state index contributed by atoms with van der Waals surface area (Å²) in [6.07, 6.45) is 1.91. The van der Waals surface area contributed by atoms with Crippen LogP contribution in [0.5, 0.6) is 0 Å². The molecule has 1 unspecified atom stereocenters. The number of esters is 1. The number of unbranched alkanes of at least 4 members (excludes halogenated alkanes) is 1. The maximum Gasteiger partial charge on any atom is 0.313 e. The van der Waals surface area contributed by atoms with Crippen molar-refractivity contribution < 1.29 is 18.3 Å². The van der Waals surface area contributed by atoms with Crippen LogP contribution in [0.3, 0.4) is 0 Å². The highest BCUT2D eigenvalue weighted by Crippen LogP contribution is 2.31. The van der Waals surface area contributed by atoms with Gasteiger partial charge in [-0.3, -0.25) is 4.79 Å². The summed E-state index contributed by atoms with van der Waals surface area (Å²) in [5.41, 5.74) is -0.218. The Labute approximate surface area is 113 Å². The molecule has 2 nitrogen and oxygen atoms in total. The molecule has 0 saturated heterocycles. The number of carbonyl (C=O) groups excluding carboxylic acids is 1. The molecule has 100 valence electrons. The molecule has 1 aromatic rings. The topological polar surface area (TPSA) is 26.3 Å². The summed E-state index contributed by atoms with van der Waals surface area (Å²) >= 11 is 2.99. The van der Waals surface area contributed by atoms with Crippen LogP contribution in [0, 0.1) is 11.6 Å². The second-order valence-electron chi connectivity index (χ2n) is 3.97. The Morgan fingerprint density at radius 3 is 2.67 bits per heavy atom. The van der Waals surface area contributed by atoms with Gasteiger partial charge < -0.3 is 4.74 Å². The van der Waals surface area contributed by atoms with E-state index in [0.29, 0.717) is 12.8 Å². The van der Waals surface area contributed by atoms with Crippen LogP contribution in [0.15, 0.2) is 16.6 Å². The molecular formula is C13H15BrF2O2. The molecule has 0 N–H and O–H groups in total. The monoisotopic (exact) mass is 320 g/mol. The van der Waals surface area contributed by atoms with Crippen molar-refractivity contribution in [1.29, 1.82) is 0 Å². The second-order valence-corrected chi connectivity index (χ2v) is 4.83. The van der Waals surface area contributed by atoms with Crippen LogP contribution in [0.25, 0.3) is 0 Å². The van der Waals surface area contributed by atoms with E-state index in [2.05, 4.69) is 20.7 Å². The SMILES string of the molecule is CCCCC(C(=O)OC)c1c(F)ccc(Br)c1F. The van der Waals surface area contributed by atoms with Gasteiger partial charge in [-0.25, -0.2) is 8.78 Å². The van der Waals surface area contributed by atoms with Crippen molar-refractivity contribution in [1.82, 2.24) is 0 Å². The zero-order valence-electron chi connectivity index (χ0n) is 10.3. The van der Waals surface area contributed by atoms with Crippen molar-refractivity contribution >= 4 is 21.9 Å². The molecule has 1 rings (SSSR count). The predicted molar refractivity (Wildman–Crippen MR) is 68.3 cm³/mol. The van der Waals surface area contributed by atoms with Crippen LogP contribution < -0.4 is 0 Å². The quantitative estimate of drug-likeness (QED) is 0.601. The fourth-order valence-corrected chi connectivity index (χ4v) is 2.14. The fourth-order valence-electron chi connectivity index (χ4n) is 1.79. The van der Waals surface area contributed by atoms with Gasteiger partial charge in [-0.05, 0) is 34.5 Å². The van der Waals surface area contributed by atoms with Gasteiger partial charge in [0.15, 0.2) is 0 Å². The summed E-state index contributed by atoms with van der Waals surface area (Å²) in [4.78, 5) is 11.7. The molecule has 0 fully saturated rings.